The van der Waals surface area contributed by atoms with Crippen LogP contribution < -0.4 is 0 Å². The van der Waals surface area contributed by atoms with Gasteiger partial charge in [0, 0.05) is 19.8 Å². The number of fused-ring (bicyclic) bond motifs is 6. The molecule has 0 aromatic carbocycles. The molecule has 2 fully saturated rings. The summed E-state index contributed by atoms with van der Waals surface area (Å²) in [5.41, 5.74) is 0.849. The Hall–Kier alpha value is -2.87. The highest BCUT2D eigenvalue weighted by atomic mass is 16.6. The molecule has 0 radical (unpaired) electrons. The van der Waals surface area contributed by atoms with Crippen LogP contribution in [0, 0.1) is 5.92 Å². The van der Waals surface area contributed by atoms with Crippen molar-refractivity contribution in [3.63, 3.8) is 0 Å². The van der Waals surface area contributed by atoms with Crippen LogP contribution in [0.5, 0.6) is 0 Å². The van der Waals surface area contributed by atoms with Crippen LogP contribution in [0.15, 0.2) is 34.3 Å². The summed E-state index contributed by atoms with van der Waals surface area (Å²) < 4.78 is 27.9. The van der Waals surface area contributed by atoms with Crippen LogP contribution >= 0.6 is 0 Å². The zero-order valence-corrected chi connectivity index (χ0v) is 18.1. The van der Waals surface area contributed by atoms with Gasteiger partial charge in [-0.25, -0.2) is 9.59 Å². The average molecular weight is 430 g/mol. The second kappa shape index (κ2) is 7.67. The molecule has 0 aliphatic carbocycles. The number of methoxy groups -OCH3 is 1. The van der Waals surface area contributed by atoms with E-state index in [2.05, 4.69) is 6.58 Å². The maximum absolute atomic E-state index is 12.6. The number of ether oxygens (including phenoxy) is 4. The molecule has 5 atom stereocenters. The van der Waals surface area contributed by atoms with Gasteiger partial charge in [0.2, 0.25) is 0 Å². The third kappa shape index (κ3) is 3.92. The van der Waals surface area contributed by atoms with Gasteiger partial charge < -0.3 is 23.4 Å². The number of furan rings is 1. The first-order valence-electron chi connectivity index (χ1n) is 10.3. The van der Waals surface area contributed by atoms with Crippen molar-refractivity contribution >= 4 is 17.9 Å². The summed E-state index contributed by atoms with van der Waals surface area (Å²) in [5, 5.41) is 0. The van der Waals surface area contributed by atoms with Crippen LogP contribution in [-0.4, -0.2) is 42.8 Å². The van der Waals surface area contributed by atoms with E-state index in [1.54, 1.807) is 12.1 Å². The lowest BCUT2D eigenvalue weighted by Gasteiger charge is -2.20. The first kappa shape index (κ1) is 21.4. The summed E-state index contributed by atoms with van der Waals surface area (Å²) in [6.45, 7) is 9.11. The normalized spacial score (nSPS) is 31.7. The Morgan fingerprint density at radius 1 is 1.29 bits per heavy atom. The molecule has 3 aliphatic heterocycles. The summed E-state index contributed by atoms with van der Waals surface area (Å²) >= 11 is 0. The fourth-order valence-corrected chi connectivity index (χ4v) is 4.36. The van der Waals surface area contributed by atoms with Crippen LogP contribution in [0.2, 0.25) is 0 Å². The lowest BCUT2D eigenvalue weighted by molar-refractivity contribution is -0.151. The fraction of sp³-hybridized carbons (Fsp3) is 0.522. The largest absolute Gasteiger partial charge is 0.465 e. The van der Waals surface area contributed by atoms with Gasteiger partial charge in [-0.1, -0.05) is 18.2 Å². The molecule has 0 N–H and O–H groups in total. The highest BCUT2D eigenvalue weighted by Crippen LogP contribution is 2.54. The van der Waals surface area contributed by atoms with Gasteiger partial charge in [-0.2, -0.15) is 0 Å². The van der Waals surface area contributed by atoms with Crippen molar-refractivity contribution in [1.29, 1.82) is 0 Å². The van der Waals surface area contributed by atoms with Gasteiger partial charge in [-0.15, -0.1) is 0 Å². The van der Waals surface area contributed by atoms with Gasteiger partial charge in [0.1, 0.15) is 34.9 Å². The van der Waals surface area contributed by atoms with Crippen molar-refractivity contribution in [2.45, 2.75) is 63.9 Å². The van der Waals surface area contributed by atoms with E-state index in [4.69, 9.17) is 23.4 Å². The third-order valence-corrected chi connectivity index (χ3v) is 6.16. The highest BCUT2D eigenvalue weighted by Gasteiger charge is 2.59. The minimum Gasteiger partial charge on any atom is -0.465 e. The average Bonchev–Trinajstić information content (AvgIpc) is 3.04. The molecule has 1 aromatic rings. The van der Waals surface area contributed by atoms with E-state index in [0.29, 0.717) is 41.9 Å². The van der Waals surface area contributed by atoms with E-state index in [1.165, 1.54) is 14.0 Å². The van der Waals surface area contributed by atoms with Gasteiger partial charge in [0.05, 0.1) is 12.7 Å². The number of carbonyl (C=O) groups is 3. The predicted octanol–water partition coefficient (Wildman–Crippen LogP) is 3.21. The highest BCUT2D eigenvalue weighted by molar-refractivity contribution is 5.93. The van der Waals surface area contributed by atoms with Crippen molar-refractivity contribution in [2.75, 3.05) is 7.11 Å². The Bertz CT molecular complexity index is 986. The molecule has 0 saturated carbocycles. The molecule has 4 bridgehead atoms. The Kier molecular flexibility index (Phi) is 5.29. The van der Waals surface area contributed by atoms with Gasteiger partial charge in [0.25, 0.3) is 0 Å². The quantitative estimate of drug-likeness (QED) is 0.312. The van der Waals surface area contributed by atoms with Crippen molar-refractivity contribution in [1.82, 2.24) is 0 Å². The maximum Gasteiger partial charge on any atom is 0.341 e. The van der Waals surface area contributed by atoms with E-state index in [-0.39, 0.29) is 5.92 Å². The third-order valence-electron chi connectivity index (χ3n) is 6.16. The van der Waals surface area contributed by atoms with Gasteiger partial charge in [0.15, 0.2) is 6.10 Å². The van der Waals surface area contributed by atoms with E-state index in [9.17, 15) is 14.4 Å². The summed E-state index contributed by atoms with van der Waals surface area (Å²) in [4.78, 5) is 36.6. The zero-order valence-electron chi connectivity index (χ0n) is 18.1. The zero-order chi connectivity index (χ0) is 22.5. The van der Waals surface area contributed by atoms with Crippen LogP contribution in [0.25, 0.3) is 0 Å². The molecule has 0 amide bonds. The molecule has 8 nitrogen and oxygen atoms in total. The summed E-state index contributed by atoms with van der Waals surface area (Å²) in [7, 11) is 1.32. The number of hydrogen-bond acceptors (Lipinski definition) is 8. The molecule has 2 saturated heterocycles. The minimum atomic E-state index is -0.796. The molecule has 3 aliphatic rings. The smallest absolute Gasteiger partial charge is 0.341 e. The number of epoxide rings is 1. The Morgan fingerprint density at radius 3 is 2.68 bits per heavy atom. The summed E-state index contributed by atoms with van der Waals surface area (Å²) in [6.07, 6.45) is 1.00. The molecular weight excluding hydrogens is 404 g/mol. The van der Waals surface area contributed by atoms with Crippen LogP contribution in [0.3, 0.4) is 0 Å². The second-order valence-corrected chi connectivity index (χ2v) is 8.61. The van der Waals surface area contributed by atoms with Crippen LogP contribution in [0.1, 0.15) is 61.6 Å². The number of hydrogen-bond donors (Lipinski definition) is 0. The number of esters is 3. The number of carbonyl (C=O) groups excluding carboxylic acids is 3. The van der Waals surface area contributed by atoms with Crippen LogP contribution in [0.4, 0.5) is 0 Å². The lowest BCUT2D eigenvalue weighted by atomic mass is 9.89. The van der Waals surface area contributed by atoms with Gasteiger partial charge in [-0.05, 0) is 32.3 Å². The van der Waals surface area contributed by atoms with Crippen molar-refractivity contribution < 1.29 is 37.7 Å². The summed E-state index contributed by atoms with van der Waals surface area (Å²) in [6, 6.07) is 1.66. The minimum absolute atomic E-state index is 0.119. The standard InChI is InChI=1S/C23H26O8/c1-11(2)13-6-7-14-19(28-12(3)24)18(30-22(14)26)10-23(4)20(31-23)17-9-15(21(25)27-5)16(8-13)29-17/h7,9,13,18-20H,1,6,8,10H2,2-5H3. The summed E-state index contributed by atoms with van der Waals surface area (Å²) in [5.74, 6) is -0.577. The molecule has 8 heteroatoms. The first-order valence-corrected chi connectivity index (χ1v) is 10.3. The topological polar surface area (TPSA) is 105 Å². The number of rotatable bonds is 3. The van der Waals surface area contributed by atoms with Crippen molar-refractivity contribution in [3.05, 3.63) is 47.0 Å². The van der Waals surface area contributed by atoms with E-state index < -0.39 is 41.8 Å². The van der Waals surface area contributed by atoms with Gasteiger partial charge in [-0.3, -0.25) is 4.79 Å². The van der Waals surface area contributed by atoms with E-state index >= 15 is 0 Å². The van der Waals surface area contributed by atoms with Crippen molar-refractivity contribution in [3.8, 4) is 0 Å². The Morgan fingerprint density at radius 2 is 2.03 bits per heavy atom. The SMILES string of the molecule is C=C(C)C1CC=C2C(=O)OC(CC3(C)OC3c3cc(C(=O)OC)c(o3)C1)C2OC(C)=O. The molecule has 166 valence electrons. The van der Waals surface area contributed by atoms with Crippen LogP contribution in [-0.2, 0) is 35.0 Å². The predicted molar refractivity (Wildman–Crippen MR) is 107 cm³/mol. The first-order chi connectivity index (χ1) is 14.6. The molecule has 4 heterocycles. The Labute approximate surface area is 180 Å². The molecule has 0 spiro atoms. The van der Waals surface area contributed by atoms with Gasteiger partial charge >= 0.3 is 17.9 Å². The number of allylic oxidation sites excluding steroid dienone is 2. The maximum atomic E-state index is 12.6. The fourth-order valence-electron chi connectivity index (χ4n) is 4.36. The second-order valence-electron chi connectivity index (χ2n) is 8.61. The lowest BCUT2D eigenvalue weighted by Crippen LogP contribution is -2.31. The van der Waals surface area contributed by atoms with E-state index in [0.717, 1.165) is 5.57 Å². The molecular formula is C23H26O8. The monoisotopic (exact) mass is 430 g/mol. The van der Waals surface area contributed by atoms with E-state index in [1.807, 2.05) is 13.8 Å². The molecule has 1 aromatic heterocycles. The molecule has 4 rings (SSSR count). The Balaban J connectivity index is 1.77. The molecule has 31 heavy (non-hydrogen) atoms. The van der Waals surface area contributed by atoms with Crippen molar-refractivity contribution in [2.24, 2.45) is 5.92 Å². The molecule has 5 unspecified atom stereocenters.